The molecule has 5 heteroatoms. The van der Waals surface area contributed by atoms with Gasteiger partial charge in [0.15, 0.2) is 0 Å². The molecule has 0 aliphatic heterocycles. The fourth-order valence-corrected chi connectivity index (χ4v) is 3.06. The fraction of sp³-hybridized carbons (Fsp3) is 0.944. The Labute approximate surface area is 142 Å². The summed E-state index contributed by atoms with van der Waals surface area (Å²) in [6.45, 7) is 14.7. The SMILES string of the molecule is CCN(CC)CCCNC1CCC(NC(=O)OC(C)(C)C)CC1. The molecule has 0 radical (unpaired) electrons. The molecular formula is C18H37N3O2. The van der Waals surface area contributed by atoms with Gasteiger partial charge in [0.1, 0.15) is 5.60 Å². The van der Waals surface area contributed by atoms with Crippen LogP contribution in [0.1, 0.15) is 66.7 Å². The van der Waals surface area contributed by atoms with Crippen molar-refractivity contribution in [3.8, 4) is 0 Å². The van der Waals surface area contributed by atoms with E-state index in [0.29, 0.717) is 6.04 Å². The summed E-state index contributed by atoms with van der Waals surface area (Å²) in [5, 5.41) is 6.66. The molecule has 0 heterocycles. The lowest BCUT2D eigenvalue weighted by Gasteiger charge is -2.30. The second-order valence-corrected chi connectivity index (χ2v) is 7.53. The molecule has 1 rings (SSSR count). The molecule has 0 atom stereocenters. The van der Waals surface area contributed by atoms with Crippen LogP contribution in [0.4, 0.5) is 4.79 Å². The number of carbonyl (C=O) groups is 1. The van der Waals surface area contributed by atoms with Gasteiger partial charge in [-0.05, 0) is 79.1 Å². The van der Waals surface area contributed by atoms with Gasteiger partial charge in [0, 0.05) is 12.1 Å². The standard InChI is InChI=1S/C18H37N3O2/c1-6-21(7-2)14-8-13-19-15-9-11-16(12-10-15)20-17(22)23-18(3,4)5/h15-16,19H,6-14H2,1-5H3,(H,20,22). The number of rotatable bonds is 8. The van der Waals surface area contributed by atoms with Crippen molar-refractivity contribution in [2.24, 2.45) is 0 Å². The lowest BCUT2D eigenvalue weighted by atomic mass is 9.91. The van der Waals surface area contributed by atoms with Crippen molar-refractivity contribution in [3.05, 3.63) is 0 Å². The highest BCUT2D eigenvalue weighted by atomic mass is 16.6. The Kier molecular flexibility index (Phi) is 8.92. The summed E-state index contributed by atoms with van der Waals surface area (Å²) in [4.78, 5) is 14.2. The third kappa shape index (κ3) is 9.16. The first-order valence-corrected chi connectivity index (χ1v) is 9.29. The van der Waals surface area contributed by atoms with Crippen LogP contribution in [0.15, 0.2) is 0 Å². The molecule has 1 amide bonds. The number of hydrogen-bond donors (Lipinski definition) is 2. The maximum atomic E-state index is 11.8. The highest BCUT2D eigenvalue weighted by Gasteiger charge is 2.24. The summed E-state index contributed by atoms with van der Waals surface area (Å²) in [5.41, 5.74) is -0.423. The largest absolute Gasteiger partial charge is 0.444 e. The molecule has 0 saturated heterocycles. The van der Waals surface area contributed by atoms with Crippen molar-refractivity contribution in [2.45, 2.75) is 84.4 Å². The molecule has 1 aliphatic carbocycles. The normalized spacial score (nSPS) is 22.2. The van der Waals surface area contributed by atoms with Crippen molar-refractivity contribution in [3.63, 3.8) is 0 Å². The van der Waals surface area contributed by atoms with E-state index in [4.69, 9.17) is 4.74 Å². The summed E-state index contributed by atoms with van der Waals surface area (Å²) in [7, 11) is 0. The van der Waals surface area contributed by atoms with E-state index < -0.39 is 5.60 Å². The average Bonchev–Trinajstić information content (AvgIpc) is 2.47. The van der Waals surface area contributed by atoms with E-state index in [9.17, 15) is 4.79 Å². The predicted molar refractivity (Wildman–Crippen MR) is 95.8 cm³/mol. The molecule has 0 unspecified atom stereocenters. The average molecular weight is 328 g/mol. The number of nitrogens with one attached hydrogen (secondary N) is 2. The smallest absolute Gasteiger partial charge is 0.407 e. The first-order chi connectivity index (χ1) is 10.8. The molecule has 1 aliphatic rings. The highest BCUT2D eigenvalue weighted by Crippen LogP contribution is 2.19. The second-order valence-electron chi connectivity index (χ2n) is 7.53. The van der Waals surface area contributed by atoms with Gasteiger partial charge < -0.3 is 20.3 Å². The minimum Gasteiger partial charge on any atom is -0.444 e. The Bertz CT molecular complexity index is 330. The molecule has 5 nitrogen and oxygen atoms in total. The molecule has 0 aromatic heterocycles. The predicted octanol–water partition coefficient (Wildman–Crippen LogP) is 3.14. The van der Waals surface area contributed by atoms with Crippen molar-refractivity contribution >= 4 is 6.09 Å². The number of hydrogen-bond acceptors (Lipinski definition) is 4. The molecule has 0 spiro atoms. The van der Waals surface area contributed by atoms with Gasteiger partial charge in [-0.2, -0.15) is 0 Å². The van der Waals surface area contributed by atoms with Gasteiger partial charge in [-0.3, -0.25) is 0 Å². The van der Waals surface area contributed by atoms with E-state index in [1.807, 2.05) is 20.8 Å². The van der Waals surface area contributed by atoms with Gasteiger partial charge in [0.25, 0.3) is 0 Å². The highest BCUT2D eigenvalue weighted by molar-refractivity contribution is 5.68. The third-order valence-electron chi connectivity index (χ3n) is 4.43. The Balaban J connectivity index is 2.12. The molecule has 136 valence electrons. The Morgan fingerprint density at radius 1 is 1.09 bits per heavy atom. The zero-order chi connectivity index (χ0) is 17.3. The molecule has 1 fully saturated rings. The zero-order valence-electron chi connectivity index (χ0n) is 15.8. The first kappa shape index (κ1) is 20.2. The minimum absolute atomic E-state index is 0.263. The van der Waals surface area contributed by atoms with E-state index >= 15 is 0 Å². The van der Waals surface area contributed by atoms with Crippen LogP contribution in [0, 0.1) is 0 Å². The topological polar surface area (TPSA) is 53.6 Å². The van der Waals surface area contributed by atoms with E-state index in [1.54, 1.807) is 0 Å². The van der Waals surface area contributed by atoms with E-state index in [-0.39, 0.29) is 12.1 Å². The fourth-order valence-electron chi connectivity index (χ4n) is 3.06. The lowest BCUT2D eigenvalue weighted by molar-refractivity contribution is 0.0490. The monoisotopic (exact) mass is 327 g/mol. The summed E-state index contributed by atoms with van der Waals surface area (Å²) in [5.74, 6) is 0. The lowest BCUT2D eigenvalue weighted by Crippen LogP contribution is -2.44. The summed E-state index contributed by atoms with van der Waals surface area (Å²) >= 11 is 0. The maximum Gasteiger partial charge on any atom is 0.407 e. The van der Waals surface area contributed by atoms with Crippen LogP contribution < -0.4 is 10.6 Å². The summed E-state index contributed by atoms with van der Waals surface area (Å²) < 4.78 is 5.32. The second kappa shape index (κ2) is 10.1. The third-order valence-corrected chi connectivity index (χ3v) is 4.43. The Morgan fingerprint density at radius 2 is 1.65 bits per heavy atom. The van der Waals surface area contributed by atoms with Crippen LogP contribution in [0.3, 0.4) is 0 Å². The number of carbonyl (C=O) groups excluding carboxylic acids is 1. The van der Waals surface area contributed by atoms with E-state index in [0.717, 1.165) is 45.3 Å². The number of amides is 1. The van der Waals surface area contributed by atoms with Crippen molar-refractivity contribution in [1.29, 1.82) is 0 Å². The number of alkyl carbamates (subject to hydrolysis) is 1. The zero-order valence-corrected chi connectivity index (χ0v) is 15.8. The van der Waals surface area contributed by atoms with Gasteiger partial charge in [-0.25, -0.2) is 4.79 Å². The van der Waals surface area contributed by atoms with Crippen LogP contribution in [0.2, 0.25) is 0 Å². The molecule has 0 aromatic carbocycles. The maximum absolute atomic E-state index is 11.8. The van der Waals surface area contributed by atoms with Gasteiger partial charge in [0.2, 0.25) is 0 Å². The van der Waals surface area contributed by atoms with Gasteiger partial charge in [-0.1, -0.05) is 13.8 Å². The number of ether oxygens (including phenoxy) is 1. The molecule has 2 N–H and O–H groups in total. The van der Waals surface area contributed by atoms with Crippen LogP contribution in [0.25, 0.3) is 0 Å². The van der Waals surface area contributed by atoms with Gasteiger partial charge in [-0.15, -0.1) is 0 Å². The van der Waals surface area contributed by atoms with Crippen LogP contribution in [-0.4, -0.2) is 54.9 Å². The molecule has 0 bridgehead atoms. The first-order valence-electron chi connectivity index (χ1n) is 9.29. The molecule has 23 heavy (non-hydrogen) atoms. The van der Waals surface area contributed by atoms with Crippen LogP contribution in [-0.2, 0) is 4.74 Å². The van der Waals surface area contributed by atoms with Gasteiger partial charge in [0.05, 0.1) is 0 Å². The quantitative estimate of drug-likeness (QED) is 0.673. The minimum atomic E-state index is -0.423. The molecule has 1 saturated carbocycles. The molecular weight excluding hydrogens is 290 g/mol. The summed E-state index contributed by atoms with van der Waals surface area (Å²) in [6, 6.07) is 0.863. The van der Waals surface area contributed by atoms with Crippen molar-refractivity contribution in [2.75, 3.05) is 26.2 Å². The number of nitrogens with zero attached hydrogens (tertiary/aromatic N) is 1. The summed E-state index contributed by atoms with van der Waals surface area (Å²) in [6.07, 6.45) is 5.25. The Hall–Kier alpha value is -0.810. The van der Waals surface area contributed by atoms with Gasteiger partial charge >= 0.3 is 6.09 Å². The Morgan fingerprint density at radius 3 is 2.17 bits per heavy atom. The van der Waals surface area contributed by atoms with Crippen LogP contribution in [0.5, 0.6) is 0 Å². The van der Waals surface area contributed by atoms with Crippen molar-refractivity contribution < 1.29 is 9.53 Å². The van der Waals surface area contributed by atoms with Crippen molar-refractivity contribution in [1.82, 2.24) is 15.5 Å². The molecule has 0 aromatic rings. The van der Waals surface area contributed by atoms with E-state index in [2.05, 4.69) is 29.4 Å². The van der Waals surface area contributed by atoms with E-state index in [1.165, 1.54) is 13.0 Å². The van der Waals surface area contributed by atoms with Crippen LogP contribution >= 0.6 is 0 Å².